The predicted molar refractivity (Wildman–Crippen MR) is 90.9 cm³/mol. The molecule has 0 atom stereocenters. The minimum atomic E-state index is -1.04. The van der Waals surface area contributed by atoms with Crippen LogP contribution in [0.1, 0.15) is 20.7 Å². The van der Waals surface area contributed by atoms with Gasteiger partial charge in [0.2, 0.25) is 5.16 Å². The number of aromatic hydroxyl groups is 2. The second kappa shape index (κ2) is 7.23. The van der Waals surface area contributed by atoms with Gasteiger partial charge < -0.3 is 15.3 Å². The maximum atomic E-state index is 12.2. The Bertz CT molecular complexity index is 971. The van der Waals surface area contributed by atoms with E-state index in [1.54, 1.807) is 12.1 Å². The van der Waals surface area contributed by atoms with Gasteiger partial charge in [0.1, 0.15) is 0 Å². The SMILES string of the molecule is O=C(O)c1ccc(-n2nnnc2SCC(=O)c2ccc(O)c(O)c2)cc1. The number of nitrogens with zero attached hydrogens (tertiary/aromatic N) is 4. The van der Waals surface area contributed by atoms with Crippen LogP contribution in [0.2, 0.25) is 0 Å². The highest BCUT2D eigenvalue weighted by Crippen LogP contribution is 2.26. The summed E-state index contributed by atoms with van der Waals surface area (Å²) in [6.07, 6.45) is 0. The predicted octanol–water partition coefficient (Wildman–Crippen LogP) is 1.75. The number of phenols is 2. The maximum absolute atomic E-state index is 12.2. The quantitative estimate of drug-likeness (QED) is 0.335. The Morgan fingerprint density at radius 3 is 2.35 bits per heavy atom. The highest BCUT2D eigenvalue weighted by molar-refractivity contribution is 7.99. The van der Waals surface area contributed by atoms with Gasteiger partial charge in [0.25, 0.3) is 0 Å². The van der Waals surface area contributed by atoms with E-state index in [0.717, 1.165) is 11.8 Å². The molecule has 0 amide bonds. The number of carboxylic acid groups (broad SMARTS) is 1. The Morgan fingerprint density at radius 2 is 1.69 bits per heavy atom. The molecule has 3 N–H and O–H groups in total. The van der Waals surface area contributed by atoms with Gasteiger partial charge >= 0.3 is 5.97 Å². The molecule has 0 saturated carbocycles. The van der Waals surface area contributed by atoms with Gasteiger partial charge in [-0.25, -0.2) is 4.79 Å². The molecule has 0 aliphatic heterocycles. The van der Waals surface area contributed by atoms with Gasteiger partial charge in [-0.1, -0.05) is 11.8 Å². The fourth-order valence-electron chi connectivity index (χ4n) is 2.09. The molecule has 10 heteroatoms. The largest absolute Gasteiger partial charge is 0.504 e. The number of aromatic carboxylic acids is 1. The topological polar surface area (TPSA) is 138 Å². The van der Waals surface area contributed by atoms with Crippen LogP contribution >= 0.6 is 11.8 Å². The van der Waals surface area contributed by atoms with E-state index in [4.69, 9.17) is 5.11 Å². The van der Waals surface area contributed by atoms with Crippen LogP contribution in [0.25, 0.3) is 5.69 Å². The number of carboxylic acids is 1. The molecule has 0 spiro atoms. The molecule has 132 valence electrons. The Hall–Kier alpha value is -3.40. The zero-order valence-electron chi connectivity index (χ0n) is 13.1. The summed E-state index contributed by atoms with van der Waals surface area (Å²) in [7, 11) is 0. The molecule has 3 rings (SSSR count). The van der Waals surface area contributed by atoms with Crippen LogP contribution in [-0.4, -0.2) is 53.0 Å². The molecular weight excluding hydrogens is 360 g/mol. The van der Waals surface area contributed by atoms with Crippen molar-refractivity contribution >= 4 is 23.5 Å². The van der Waals surface area contributed by atoms with E-state index in [0.29, 0.717) is 10.8 Å². The van der Waals surface area contributed by atoms with E-state index in [-0.39, 0.29) is 34.2 Å². The van der Waals surface area contributed by atoms with Crippen LogP contribution in [0.3, 0.4) is 0 Å². The Kier molecular flexibility index (Phi) is 4.85. The third kappa shape index (κ3) is 3.64. The maximum Gasteiger partial charge on any atom is 0.335 e. The number of carbonyl (C=O) groups is 2. The number of ketones is 1. The van der Waals surface area contributed by atoms with Crippen molar-refractivity contribution in [1.82, 2.24) is 20.2 Å². The first-order valence-electron chi connectivity index (χ1n) is 7.26. The summed E-state index contributed by atoms with van der Waals surface area (Å²) in [4.78, 5) is 23.1. The van der Waals surface area contributed by atoms with Crippen LogP contribution in [0.4, 0.5) is 0 Å². The van der Waals surface area contributed by atoms with Crippen LogP contribution in [0.5, 0.6) is 11.5 Å². The smallest absolute Gasteiger partial charge is 0.335 e. The minimum absolute atomic E-state index is 0.0117. The van der Waals surface area contributed by atoms with Crippen molar-refractivity contribution < 1.29 is 24.9 Å². The summed E-state index contributed by atoms with van der Waals surface area (Å²) >= 11 is 1.09. The van der Waals surface area contributed by atoms with Crippen molar-refractivity contribution in [1.29, 1.82) is 0 Å². The molecule has 2 aromatic carbocycles. The Labute approximate surface area is 150 Å². The lowest BCUT2D eigenvalue weighted by atomic mass is 10.1. The first kappa shape index (κ1) is 17.4. The Balaban J connectivity index is 1.73. The number of benzene rings is 2. The van der Waals surface area contributed by atoms with Crippen LogP contribution in [0, 0.1) is 0 Å². The third-order valence-corrected chi connectivity index (χ3v) is 4.35. The van der Waals surface area contributed by atoms with Gasteiger partial charge in [0.05, 0.1) is 17.0 Å². The van der Waals surface area contributed by atoms with Crippen LogP contribution in [-0.2, 0) is 0 Å². The lowest BCUT2D eigenvalue weighted by Crippen LogP contribution is -2.05. The molecule has 0 radical (unpaired) electrons. The lowest BCUT2D eigenvalue weighted by Gasteiger charge is -2.05. The van der Waals surface area contributed by atoms with E-state index in [9.17, 15) is 19.8 Å². The fraction of sp³-hybridized carbons (Fsp3) is 0.0625. The summed E-state index contributed by atoms with van der Waals surface area (Å²) in [6.45, 7) is 0. The van der Waals surface area contributed by atoms with Crippen molar-refractivity contribution in [3.63, 3.8) is 0 Å². The average Bonchev–Trinajstić information content (AvgIpc) is 3.10. The number of aromatic nitrogens is 4. The van der Waals surface area contributed by atoms with Gasteiger partial charge in [0, 0.05) is 5.56 Å². The van der Waals surface area contributed by atoms with Gasteiger partial charge in [-0.3, -0.25) is 4.79 Å². The second-order valence-electron chi connectivity index (χ2n) is 5.14. The number of hydrogen-bond acceptors (Lipinski definition) is 8. The Morgan fingerprint density at radius 1 is 1.00 bits per heavy atom. The zero-order valence-corrected chi connectivity index (χ0v) is 13.9. The summed E-state index contributed by atoms with van der Waals surface area (Å²) in [6, 6.07) is 9.81. The number of carbonyl (C=O) groups excluding carboxylic acids is 1. The average molecular weight is 372 g/mol. The van der Waals surface area contributed by atoms with Crippen LogP contribution in [0.15, 0.2) is 47.6 Å². The second-order valence-corrected chi connectivity index (χ2v) is 6.08. The minimum Gasteiger partial charge on any atom is -0.504 e. The number of phenolic OH excluding ortho intramolecular Hbond substituents is 2. The van der Waals surface area contributed by atoms with Crippen molar-refractivity contribution in [2.24, 2.45) is 0 Å². The first-order valence-corrected chi connectivity index (χ1v) is 8.24. The molecule has 0 bridgehead atoms. The standard InChI is InChI=1S/C16H12N4O5S/c21-12-6-3-10(7-13(12)22)14(23)8-26-16-17-18-19-20(16)11-4-1-9(2-5-11)15(24)25/h1-7,21-22H,8H2,(H,24,25). The monoisotopic (exact) mass is 372 g/mol. The molecule has 1 heterocycles. The van der Waals surface area contributed by atoms with E-state index < -0.39 is 5.97 Å². The number of Topliss-reactive ketones (excluding diaryl/α,β-unsaturated/α-hetero) is 1. The number of tetrazole rings is 1. The van der Waals surface area contributed by atoms with Crippen molar-refractivity contribution in [3.8, 4) is 17.2 Å². The van der Waals surface area contributed by atoms with Gasteiger partial charge in [-0.05, 0) is 52.9 Å². The highest BCUT2D eigenvalue weighted by atomic mass is 32.2. The fourth-order valence-corrected chi connectivity index (χ4v) is 2.87. The molecule has 0 saturated heterocycles. The van der Waals surface area contributed by atoms with Gasteiger partial charge in [-0.2, -0.15) is 4.68 Å². The molecule has 3 aromatic rings. The van der Waals surface area contributed by atoms with Gasteiger partial charge in [-0.15, -0.1) is 5.10 Å². The molecule has 0 unspecified atom stereocenters. The zero-order chi connectivity index (χ0) is 18.7. The molecule has 0 aliphatic rings. The summed E-state index contributed by atoms with van der Waals surface area (Å²) in [5.41, 5.74) is 0.938. The first-order chi connectivity index (χ1) is 12.5. The summed E-state index contributed by atoms with van der Waals surface area (Å²) in [5, 5.41) is 39.3. The van der Waals surface area contributed by atoms with Crippen molar-refractivity contribution in [2.75, 3.05) is 5.75 Å². The molecule has 1 aromatic heterocycles. The van der Waals surface area contributed by atoms with E-state index in [1.165, 1.54) is 35.0 Å². The molecule has 9 nitrogen and oxygen atoms in total. The molecule has 0 fully saturated rings. The normalized spacial score (nSPS) is 10.6. The highest BCUT2D eigenvalue weighted by Gasteiger charge is 2.14. The lowest BCUT2D eigenvalue weighted by molar-refractivity contribution is 0.0696. The van der Waals surface area contributed by atoms with E-state index >= 15 is 0 Å². The number of hydrogen-bond donors (Lipinski definition) is 3. The van der Waals surface area contributed by atoms with Crippen LogP contribution < -0.4 is 0 Å². The number of thioether (sulfide) groups is 1. The van der Waals surface area contributed by atoms with E-state index in [2.05, 4.69) is 15.5 Å². The summed E-state index contributed by atoms with van der Waals surface area (Å²) in [5.74, 6) is -1.98. The van der Waals surface area contributed by atoms with Crippen molar-refractivity contribution in [3.05, 3.63) is 53.6 Å². The van der Waals surface area contributed by atoms with E-state index in [1.807, 2.05) is 0 Å². The number of rotatable bonds is 6. The van der Waals surface area contributed by atoms with Gasteiger partial charge in [0.15, 0.2) is 17.3 Å². The molecule has 0 aliphatic carbocycles. The molecule has 26 heavy (non-hydrogen) atoms. The summed E-state index contributed by atoms with van der Waals surface area (Å²) < 4.78 is 1.39. The third-order valence-electron chi connectivity index (χ3n) is 3.43. The van der Waals surface area contributed by atoms with Crippen molar-refractivity contribution in [2.45, 2.75) is 5.16 Å². The molecular formula is C16H12N4O5S.